The highest BCUT2D eigenvalue weighted by Crippen LogP contribution is 2.34. The summed E-state index contributed by atoms with van der Waals surface area (Å²) in [6, 6.07) is 16.5. The SMILES string of the molecule is CC(=O)Nc1ccccc1Oc1ccc(Nc2c(C#N)cnn3cc(NC(=O)OCCN4CCOCC4)c(C)c23)cc1. The van der Waals surface area contributed by atoms with Gasteiger partial charge in [-0.3, -0.25) is 15.0 Å². The zero-order valence-electron chi connectivity index (χ0n) is 23.3. The topological polar surface area (TPSA) is 142 Å². The van der Waals surface area contributed by atoms with E-state index in [2.05, 4.69) is 32.0 Å². The van der Waals surface area contributed by atoms with Crippen molar-refractivity contribution < 1.29 is 23.8 Å². The molecule has 5 rings (SSSR count). The zero-order chi connectivity index (χ0) is 29.5. The second kappa shape index (κ2) is 13.0. The fraction of sp³-hybridized carbons (Fsp3) is 0.267. The van der Waals surface area contributed by atoms with Gasteiger partial charge in [0.1, 0.15) is 18.4 Å². The Morgan fingerprint density at radius 1 is 1.07 bits per heavy atom. The Balaban J connectivity index is 1.29. The summed E-state index contributed by atoms with van der Waals surface area (Å²) in [7, 11) is 0. The van der Waals surface area contributed by atoms with Gasteiger partial charge in [-0.15, -0.1) is 0 Å². The number of rotatable bonds is 9. The lowest BCUT2D eigenvalue weighted by molar-refractivity contribution is -0.114. The monoisotopic (exact) mass is 569 g/mol. The molecule has 1 aliphatic rings. The lowest BCUT2D eigenvalue weighted by atomic mass is 10.1. The van der Waals surface area contributed by atoms with Gasteiger partial charge >= 0.3 is 6.09 Å². The largest absolute Gasteiger partial charge is 0.455 e. The smallest absolute Gasteiger partial charge is 0.411 e. The van der Waals surface area contributed by atoms with E-state index in [0.717, 1.165) is 18.7 Å². The minimum absolute atomic E-state index is 0.192. The van der Waals surface area contributed by atoms with Crippen molar-refractivity contribution in [2.24, 2.45) is 0 Å². The maximum atomic E-state index is 12.5. The first-order chi connectivity index (χ1) is 20.4. The Hall–Kier alpha value is -5.12. The van der Waals surface area contributed by atoms with Crippen molar-refractivity contribution in [2.45, 2.75) is 13.8 Å². The Bertz CT molecular complexity index is 1620. The summed E-state index contributed by atoms with van der Waals surface area (Å²) in [6.07, 6.45) is 2.59. The number of aromatic nitrogens is 2. The second-order valence-corrected chi connectivity index (χ2v) is 9.65. The summed E-state index contributed by atoms with van der Waals surface area (Å²) in [5, 5.41) is 23.0. The summed E-state index contributed by atoms with van der Waals surface area (Å²) < 4.78 is 18.3. The van der Waals surface area contributed by atoms with Gasteiger partial charge in [-0.25, -0.2) is 9.31 Å². The van der Waals surface area contributed by atoms with Crippen LogP contribution in [0.25, 0.3) is 5.52 Å². The number of carbonyl (C=O) groups is 2. The molecule has 0 bridgehead atoms. The Labute approximate surface area is 242 Å². The third-order valence-electron chi connectivity index (χ3n) is 6.71. The number of fused-ring (bicyclic) bond motifs is 1. The molecule has 12 heteroatoms. The van der Waals surface area contributed by atoms with Crippen LogP contribution in [-0.2, 0) is 14.3 Å². The summed E-state index contributed by atoms with van der Waals surface area (Å²) in [4.78, 5) is 26.2. The molecule has 0 saturated carbocycles. The molecular formula is C30H31N7O5. The number of para-hydroxylation sites is 2. The molecule has 1 saturated heterocycles. The highest BCUT2D eigenvalue weighted by atomic mass is 16.5. The summed E-state index contributed by atoms with van der Waals surface area (Å²) >= 11 is 0. The van der Waals surface area contributed by atoms with E-state index in [-0.39, 0.29) is 12.5 Å². The molecule has 42 heavy (non-hydrogen) atoms. The third-order valence-corrected chi connectivity index (χ3v) is 6.71. The van der Waals surface area contributed by atoms with Crippen LogP contribution in [0.3, 0.4) is 0 Å². The number of hydrogen-bond donors (Lipinski definition) is 3. The van der Waals surface area contributed by atoms with Crippen LogP contribution in [0.1, 0.15) is 18.1 Å². The van der Waals surface area contributed by atoms with Gasteiger partial charge < -0.3 is 24.8 Å². The number of anilines is 4. The van der Waals surface area contributed by atoms with E-state index in [1.54, 1.807) is 35.0 Å². The molecule has 2 amide bonds. The Kier molecular flexibility index (Phi) is 8.81. The molecule has 4 aromatic rings. The predicted molar refractivity (Wildman–Crippen MR) is 157 cm³/mol. The third kappa shape index (κ3) is 6.77. The summed E-state index contributed by atoms with van der Waals surface area (Å²) in [5.41, 5.74) is 4.05. The Morgan fingerprint density at radius 3 is 2.57 bits per heavy atom. The van der Waals surface area contributed by atoms with Crippen molar-refractivity contribution in [3.63, 3.8) is 0 Å². The molecule has 216 valence electrons. The molecule has 3 heterocycles. The molecule has 0 aliphatic carbocycles. The number of ether oxygens (including phenoxy) is 3. The molecule has 0 radical (unpaired) electrons. The van der Waals surface area contributed by atoms with Gasteiger partial charge in [-0.1, -0.05) is 12.1 Å². The fourth-order valence-corrected chi connectivity index (χ4v) is 4.59. The minimum Gasteiger partial charge on any atom is -0.455 e. The quantitative estimate of drug-likeness (QED) is 0.257. The fourth-order valence-electron chi connectivity index (χ4n) is 4.59. The molecule has 0 spiro atoms. The maximum Gasteiger partial charge on any atom is 0.411 e. The van der Waals surface area contributed by atoms with Gasteiger partial charge in [-0.05, 0) is 43.3 Å². The van der Waals surface area contributed by atoms with Crippen molar-refractivity contribution in [1.82, 2.24) is 14.5 Å². The lowest BCUT2D eigenvalue weighted by Crippen LogP contribution is -2.38. The molecule has 0 atom stereocenters. The van der Waals surface area contributed by atoms with Crippen LogP contribution in [0.4, 0.5) is 27.5 Å². The van der Waals surface area contributed by atoms with Gasteiger partial charge in [0, 0.05) is 37.8 Å². The zero-order valence-corrected chi connectivity index (χ0v) is 23.3. The van der Waals surface area contributed by atoms with E-state index in [0.29, 0.717) is 65.1 Å². The first-order valence-corrected chi connectivity index (χ1v) is 13.5. The van der Waals surface area contributed by atoms with Gasteiger partial charge in [0.05, 0.1) is 53.7 Å². The van der Waals surface area contributed by atoms with Crippen LogP contribution in [0.15, 0.2) is 60.9 Å². The van der Waals surface area contributed by atoms with Gasteiger partial charge in [0.2, 0.25) is 5.91 Å². The van der Waals surface area contributed by atoms with Crippen molar-refractivity contribution in [1.29, 1.82) is 5.26 Å². The van der Waals surface area contributed by atoms with Crippen LogP contribution >= 0.6 is 0 Å². The first kappa shape index (κ1) is 28.4. The maximum absolute atomic E-state index is 12.5. The normalized spacial score (nSPS) is 13.3. The molecule has 2 aromatic carbocycles. The number of amides is 2. The summed E-state index contributed by atoms with van der Waals surface area (Å²) in [5.74, 6) is 0.887. The number of aryl methyl sites for hydroxylation is 1. The Morgan fingerprint density at radius 2 is 1.83 bits per heavy atom. The molecule has 1 fully saturated rings. The number of nitrogens with zero attached hydrogens (tertiary/aromatic N) is 4. The van der Waals surface area contributed by atoms with Crippen molar-refractivity contribution in [2.75, 3.05) is 55.4 Å². The number of morpholine rings is 1. The number of hydrogen-bond acceptors (Lipinski definition) is 9. The highest BCUT2D eigenvalue weighted by Gasteiger charge is 2.18. The van der Waals surface area contributed by atoms with E-state index in [1.807, 2.05) is 31.2 Å². The number of nitrogens with one attached hydrogen (secondary N) is 3. The standard InChI is InChI=1S/C30H31N7O5/c1-20-26(35-30(39)41-16-13-36-11-14-40-15-12-36)19-37-29(20)28(22(17-31)18-32-37)34-23-7-9-24(10-8-23)42-27-6-4-3-5-25(27)33-21(2)38/h3-10,18-19,34H,11-16H2,1-2H3,(H,33,38)(H,35,39). The minimum atomic E-state index is -0.562. The molecule has 3 N–H and O–H groups in total. The number of benzene rings is 2. The van der Waals surface area contributed by atoms with Crippen LogP contribution in [0, 0.1) is 18.3 Å². The van der Waals surface area contributed by atoms with Crippen molar-refractivity contribution >= 4 is 40.3 Å². The average Bonchev–Trinajstić information content (AvgIpc) is 3.30. The van der Waals surface area contributed by atoms with Crippen molar-refractivity contribution in [3.8, 4) is 17.6 Å². The van der Waals surface area contributed by atoms with Crippen LogP contribution in [0.5, 0.6) is 11.5 Å². The highest BCUT2D eigenvalue weighted by molar-refractivity contribution is 5.93. The number of carbonyl (C=O) groups excluding carboxylic acids is 2. The van der Waals surface area contributed by atoms with E-state index < -0.39 is 6.09 Å². The second-order valence-electron chi connectivity index (χ2n) is 9.65. The summed E-state index contributed by atoms with van der Waals surface area (Å²) in [6.45, 7) is 7.19. The average molecular weight is 570 g/mol. The molecule has 12 nitrogen and oxygen atoms in total. The molecule has 1 aliphatic heterocycles. The van der Waals surface area contributed by atoms with E-state index >= 15 is 0 Å². The number of nitriles is 1. The first-order valence-electron chi connectivity index (χ1n) is 13.5. The predicted octanol–water partition coefficient (Wildman–Crippen LogP) is 4.89. The van der Waals surface area contributed by atoms with Crippen molar-refractivity contribution in [3.05, 3.63) is 72.1 Å². The molecular weight excluding hydrogens is 538 g/mol. The van der Waals surface area contributed by atoms with Crippen LogP contribution in [0.2, 0.25) is 0 Å². The van der Waals surface area contributed by atoms with Gasteiger partial charge in [0.15, 0.2) is 5.75 Å². The van der Waals surface area contributed by atoms with E-state index in [1.165, 1.54) is 13.1 Å². The van der Waals surface area contributed by atoms with Crippen LogP contribution < -0.4 is 20.7 Å². The van der Waals surface area contributed by atoms with E-state index in [9.17, 15) is 14.9 Å². The van der Waals surface area contributed by atoms with Gasteiger partial charge in [-0.2, -0.15) is 10.4 Å². The molecule has 0 unspecified atom stereocenters. The van der Waals surface area contributed by atoms with E-state index in [4.69, 9.17) is 14.2 Å². The van der Waals surface area contributed by atoms with Crippen LogP contribution in [-0.4, -0.2) is 66.0 Å². The molecule has 2 aromatic heterocycles. The van der Waals surface area contributed by atoms with Gasteiger partial charge in [0.25, 0.3) is 0 Å². The lowest BCUT2D eigenvalue weighted by Gasteiger charge is -2.26.